The van der Waals surface area contributed by atoms with Crippen LogP contribution in [0.2, 0.25) is 0 Å². The zero-order valence-corrected chi connectivity index (χ0v) is 16.7. The van der Waals surface area contributed by atoms with Gasteiger partial charge in [-0.2, -0.15) is 5.10 Å². The molecule has 3 aromatic rings. The molecule has 0 radical (unpaired) electrons. The first-order valence-corrected chi connectivity index (χ1v) is 10.00. The highest BCUT2D eigenvalue weighted by atomic mass is 19.3. The molecule has 2 amide bonds. The molecule has 2 aliphatic rings. The molecular formula is C23H19F3N4O. The summed E-state index contributed by atoms with van der Waals surface area (Å²) < 4.78 is 46.4. The van der Waals surface area contributed by atoms with Crippen molar-refractivity contribution in [2.24, 2.45) is 5.92 Å². The molecule has 2 heterocycles. The standard InChI is InChI=1S/C23H19F3N4O/c1-22(25,26)23(9-8-14-6-7-14)17-11-18(24)16(10-19(17)28-21(31)29-23)13-30-20-5-3-2-4-15(20)12-27-30/h2-5,10-12,14H,6-7,13H2,1H3,(H2,28,29,31)/t23-/m0/s1. The predicted octanol–water partition coefficient (Wildman–Crippen LogP) is 4.62. The first-order chi connectivity index (χ1) is 14.8. The van der Waals surface area contributed by atoms with Gasteiger partial charge in [-0.15, -0.1) is 0 Å². The number of aromatic nitrogens is 2. The van der Waals surface area contributed by atoms with Crippen molar-refractivity contribution in [1.82, 2.24) is 15.1 Å². The molecule has 2 aromatic carbocycles. The number of fused-ring (bicyclic) bond motifs is 2. The van der Waals surface area contributed by atoms with E-state index in [9.17, 15) is 13.6 Å². The molecular weight excluding hydrogens is 405 g/mol. The molecule has 31 heavy (non-hydrogen) atoms. The van der Waals surface area contributed by atoms with E-state index in [1.807, 2.05) is 24.3 Å². The minimum absolute atomic E-state index is 0.0340. The van der Waals surface area contributed by atoms with E-state index in [0.29, 0.717) is 6.92 Å². The highest BCUT2D eigenvalue weighted by Crippen LogP contribution is 2.44. The van der Waals surface area contributed by atoms with Gasteiger partial charge in [0, 0.05) is 35.0 Å². The van der Waals surface area contributed by atoms with Crippen molar-refractivity contribution in [3.05, 3.63) is 59.5 Å². The number of urea groups is 1. The minimum atomic E-state index is -3.44. The number of alkyl halides is 2. The van der Waals surface area contributed by atoms with E-state index in [1.54, 1.807) is 10.9 Å². The van der Waals surface area contributed by atoms with E-state index in [4.69, 9.17) is 0 Å². The van der Waals surface area contributed by atoms with Crippen molar-refractivity contribution in [2.45, 2.75) is 37.8 Å². The van der Waals surface area contributed by atoms with Crippen LogP contribution in [0.4, 0.5) is 23.7 Å². The van der Waals surface area contributed by atoms with Gasteiger partial charge in [-0.05, 0) is 31.0 Å². The molecule has 158 valence electrons. The Hall–Kier alpha value is -3.47. The number of carbonyl (C=O) groups is 1. The van der Waals surface area contributed by atoms with E-state index in [1.165, 1.54) is 6.07 Å². The molecule has 1 fully saturated rings. The molecule has 0 unspecified atom stereocenters. The van der Waals surface area contributed by atoms with Gasteiger partial charge in [-0.25, -0.2) is 18.0 Å². The van der Waals surface area contributed by atoms with Crippen molar-refractivity contribution < 1.29 is 18.0 Å². The first-order valence-electron chi connectivity index (χ1n) is 10.00. The quantitative estimate of drug-likeness (QED) is 0.603. The summed E-state index contributed by atoms with van der Waals surface area (Å²) in [5.74, 6) is 1.33. The number of para-hydroxylation sites is 1. The second kappa shape index (κ2) is 6.77. The molecule has 1 aliphatic carbocycles. The molecule has 0 spiro atoms. The van der Waals surface area contributed by atoms with E-state index < -0.39 is 23.3 Å². The van der Waals surface area contributed by atoms with Gasteiger partial charge in [-0.3, -0.25) is 4.68 Å². The van der Waals surface area contributed by atoms with Crippen molar-refractivity contribution >= 4 is 22.6 Å². The monoisotopic (exact) mass is 424 g/mol. The van der Waals surface area contributed by atoms with Crippen LogP contribution in [0.5, 0.6) is 0 Å². The Balaban J connectivity index is 1.61. The van der Waals surface area contributed by atoms with Crippen molar-refractivity contribution in [2.75, 3.05) is 5.32 Å². The summed E-state index contributed by atoms with van der Waals surface area (Å²) in [5, 5.41) is 9.99. The fraction of sp³-hybridized carbons (Fsp3) is 0.304. The molecule has 8 heteroatoms. The van der Waals surface area contributed by atoms with Gasteiger partial charge in [-0.1, -0.05) is 30.0 Å². The predicted molar refractivity (Wildman–Crippen MR) is 110 cm³/mol. The highest BCUT2D eigenvalue weighted by molar-refractivity contribution is 5.95. The normalized spacial score (nSPS) is 20.5. The van der Waals surface area contributed by atoms with Gasteiger partial charge in [0.2, 0.25) is 0 Å². The molecule has 2 N–H and O–H groups in total. The molecule has 1 aromatic heterocycles. The van der Waals surface area contributed by atoms with Gasteiger partial charge in [0.1, 0.15) is 5.82 Å². The SMILES string of the molecule is CC(F)(F)[C@@]1(C#CC2CC2)NC(=O)Nc2cc(Cn3ncc4ccccc43)c(F)cc21. The highest BCUT2D eigenvalue weighted by Gasteiger charge is 2.55. The number of amides is 2. The summed E-state index contributed by atoms with van der Waals surface area (Å²) in [4.78, 5) is 12.3. The van der Waals surface area contributed by atoms with E-state index in [-0.39, 0.29) is 29.3 Å². The Labute approximate surface area is 176 Å². The van der Waals surface area contributed by atoms with E-state index in [2.05, 4.69) is 27.6 Å². The van der Waals surface area contributed by atoms with Crippen LogP contribution in [0.15, 0.2) is 42.6 Å². The van der Waals surface area contributed by atoms with Crippen LogP contribution < -0.4 is 10.6 Å². The lowest BCUT2D eigenvalue weighted by Gasteiger charge is -2.40. The average molecular weight is 424 g/mol. The Morgan fingerprint density at radius 2 is 2.06 bits per heavy atom. The summed E-state index contributed by atoms with van der Waals surface area (Å²) in [6.07, 6.45) is 3.35. The number of benzene rings is 2. The average Bonchev–Trinajstić information content (AvgIpc) is 3.46. The maximum Gasteiger partial charge on any atom is 0.320 e. The topological polar surface area (TPSA) is 59.0 Å². The molecule has 5 rings (SSSR count). The Bertz CT molecular complexity index is 1260. The van der Waals surface area contributed by atoms with Crippen molar-refractivity contribution in [3.63, 3.8) is 0 Å². The van der Waals surface area contributed by atoms with Crippen LogP contribution in [0.3, 0.4) is 0 Å². The number of nitrogens with zero attached hydrogens (tertiary/aromatic N) is 2. The van der Waals surface area contributed by atoms with Gasteiger partial charge in [0.15, 0.2) is 5.54 Å². The number of hydrogen-bond donors (Lipinski definition) is 2. The molecule has 0 saturated heterocycles. The summed E-state index contributed by atoms with van der Waals surface area (Å²) >= 11 is 0. The zero-order valence-electron chi connectivity index (χ0n) is 16.7. The van der Waals surface area contributed by atoms with Crippen LogP contribution in [0.1, 0.15) is 30.9 Å². The summed E-state index contributed by atoms with van der Waals surface area (Å²) in [6.45, 7) is 0.769. The van der Waals surface area contributed by atoms with Crippen LogP contribution in [0, 0.1) is 23.6 Å². The first kappa shape index (κ1) is 19.5. The maximum absolute atomic E-state index is 15.1. The third-order valence-corrected chi connectivity index (χ3v) is 5.71. The van der Waals surface area contributed by atoms with Crippen LogP contribution >= 0.6 is 0 Å². The summed E-state index contributed by atoms with van der Waals surface area (Å²) in [6, 6.07) is 9.11. The molecule has 1 aliphatic heterocycles. The number of carbonyl (C=O) groups excluding carboxylic acids is 1. The van der Waals surface area contributed by atoms with Crippen LogP contribution in [-0.2, 0) is 12.1 Å². The van der Waals surface area contributed by atoms with Gasteiger partial charge in [0.05, 0.1) is 18.3 Å². The van der Waals surface area contributed by atoms with E-state index in [0.717, 1.165) is 29.8 Å². The number of hydrogen-bond acceptors (Lipinski definition) is 2. The Kier molecular flexibility index (Phi) is 4.26. The number of halogens is 3. The Morgan fingerprint density at radius 3 is 2.81 bits per heavy atom. The summed E-state index contributed by atoms with van der Waals surface area (Å²) in [5.41, 5.74) is -1.23. The van der Waals surface area contributed by atoms with E-state index >= 15 is 4.39 Å². The van der Waals surface area contributed by atoms with Crippen LogP contribution in [-0.4, -0.2) is 21.7 Å². The van der Waals surface area contributed by atoms with Crippen LogP contribution in [0.25, 0.3) is 10.9 Å². The maximum atomic E-state index is 15.1. The molecule has 1 saturated carbocycles. The van der Waals surface area contributed by atoms with Crippen molar-refractivity contribution in [3.8, 4) is 11.8 Å². The number of rotatable bonds is 3. The second-order valence-corrected chi connectivity index (χ2v) is 8.11. The lowest BCUT2D eigenvalue weighted by atomic mass is 9.81. The lowest BCUT2D eigenvalue weighted by molar-refractivity contribution is -0.0465. The lowest BCUT2D eigenvalue weighted by Crippen LogP contribution is -2.59. The third kappa shape index (κ3) is 3.30. The largest absolute Gasteiger partial charge is 0.320 e. The third-order valence-electron chi connectivity index (χ3n) is 5.71. The second-order valence-electron chi connectivity index (χ2n) is 8.11. The molecule has 1 atom stereocenters. The Morgan fingerprint density at radius 1 is 1.29 bits per heavy atom. The van der Waals surface area contributed by atoms with Crippen molar-refractivity contribution in [1.29, 1.82) is 0 Å². The minimum Gasteiger partial charge on any atom is -0.312 e. The molecule has 5 nitrogen and oxygen atoms in total. The van der Waals surface area contributed by atoms with Gasteiger partial charge >= 0.3 is 6.03 Å². The fourth-order valence-corrected chi connectivity index (χ4v) is 3.85. The van der Waals surface area contributed by atoms with Gasteiger partial charge in [0.25, 0.3) is 5.92 Å². The smallest absolute Gasteiger partial charge is 0.312 e. The zero-order chi connectivity index (χ0) is 21.8. The summed E-state index contributed by atoms with van der Waals surface area (Å²) in [7, 11) is 0. The van der Waals surface area contributed by atoms with Gasteiger partial charge < -0.3 is 10.6 Å². The number of nitrogens with one attached hydrogen (secondary N) is 2. The number of anilines is 1. The molecule has 0 bridgehead atoms. The fourth-order valence-electron chi connectivity index (χ4n) is 3.85.